The van der Waals surface area contributed by atoms with Crippen LogP contribution in [-0.4, -0.2) is 50.0 Å². The number of hydrogen-bond donors (Lipinski definition) is 1. The lowest BCUT2D eigenvalue weighted by molar-refractivity contribution is -0.140. The number of halogens is 4. The van der Waals surface area contributed by atoms with Crippen molar-refractivity contribution in [2.45, 2.75) is 52.2 Å². The molecule has 0 aromatic heterocycles. The van der Waals surface area contributed by atoms with Gasteiger partial charge in [-0.1, -0.05) is 66.3 Å². The van der Waals surface area contributed by atoms with Crippen LogP contribution in [0.5, 0.6) is 0 Å². The van der Waals surface area contributed by atoms with E-state index < -0.39 is 28.5 Å². The fourth-order valence-corrected chi connectivity index (χ4v) is 5.36. The number of anilines is 1. The lowest BCUT2D eigenvalue weighted by Gasteiger charge is -2.33. The molecule has 0 aliphatic carbocycles. The van der Waals surface area contributed by atoms with Gasteiger partial charge in [-0.2, -0.15) is 0 Å². The van der Waals surface area contributed by atoms with E-state index in [0.29, 0.717) is 33.5 Å². The molecule has 2 amide bonds. The van der Waals surface area contributed by atoms with Crippen LogP contribution < -0.4 is 9.62 Å². The van der Waals surface area contributed by atoms with Crippen molar-refractivity contribution in [1.29, 1.82) is 0 Å². The lowest BCUT2D eigenvalue weighted by atomic mass is 10.1. The number of carbonyl (C=O) groups excluding carboxylic acids is 2. The van der Waals surface area contributed by atoms with Crippen molar-refractivity contribution in [1.82, 2.24) is 10.2 Å². The number of amides is 2. The van der Waals surface area contributed by atoms with Crippen LogP contribution in [0.4, 0.5) is 5.69 Å². The molecule has 0 aliphatic heterocycles. The van der Waals surface area contributed by atoms with E-state index in [1.165, 1.54) is 29.2 Å². The minimum Gasteiger partial charge on any atom is -0.352 e. The van der Waals surface area contributed by atoms with Gasteiger partial charge < -0.3 is 10.2 Å². The fraction of sp³-hybridized carbons (Fsp3) is 0.417. The molecule has 1 N–H and O–H groups in total. The van der Waals surface area contributed by atoms with Gasteiger partial charge in [-0.3, -0.25) is 13.9 Å². The molecule has 0 bridgehead atoms. The molecular weight excluding hydrogens is 568 g/mol. The largest absolute Gasteiger partial charge is 0.352 e. The molecule has 2 rings (SSSR count). The van der Waals surface area contributed by atoms with E-state index in [-0.39, 0.29) is 29.2 Å². The fourth-order valence-electron chi connectivity index (χ4n) is 3.47. The summed E-state index contributed by atoms with van der Waals surface area (Å²) < 4.78 is 26.3. The lowest BCUT2D eigenvalue weighted by Crippen LogP contribution is -2.53. The molecule has 0 saturated carbocycles. The Morgan fingerprint density at radius 3 is 2.03 bits per heavy atom. The summed E-state index contributed by atoms with van der Waals surface area (Å²) in [6.45, 7) is 4.95. The second-order valence-corrected chi connectivity index (χ2v) is 12.0. The summed E-state index contributed by atoms with van der Waals surface area (Å²) in [4.78, 5) is 28.2. The molecule has 7 nitrogen and oxygen atoms in total. The average Bonchev–Trinajstić information content (AvgIpc) is 2.78. The number of nitrogens with zero attached hydrogens (tertiary/aromatic N) is 2. The maximum atomic E-state index is 13.7. The molecule has 36 heavy (non-hydrogen) atoms. The van der Waals surface area contributed by atoms with Crippen molar-refractivity contribution in [2.24, 2.45) is 0 Å². The maximum absolute atomic E-state index is 13.7. The first-order valence-corrected chi connectivity index (χ1v) is 14.6. The Balaban J connectivity index is 2.51. The summed E-state index contributed by atoms with van der Waals surface area (Å²) in [7, 11) is -3.93. The zero-order valence-electron chi connectivity index (χ0n) is 20.4. The van der Waals surface area contributed by atoms with Crippen LogP contribution in [0.25, 0.3) is 0 Å². The Hall–Kier alpha value is -1.71. The van der Waals surface area contributed by atoms with Crippen molar-refractivity contribution >= 4 is 73.9 Å². The molecule has 12 heteroatoms. The second-order valence-electron chi connectivity index (χ2n) is 8.36. The van der Waals surface area contributed by atoms with E-state index >= 15 is 0 Å². The summed E-state index contributed by atoms with van der Waals surface area (Å²) in [6.07, 6.45) is 1.97. The number of sulfonamides is 1. The van der Waals surface area contributed by atoms with Gasteiger partial charge in [-0.25, -0.2) is 8.42 Å². The Morgan fingerprint density at radius 1 is 0.944 bits per heavy atom. The van der Waals surface area contributed by atoms with Gasteiger partial charge in [0.15, 0.2) is 0 Å². The highest BCUT2D eigenvalue weighted by molar-refractivity contribution is 7.92. The average molecular weight is 597 g/mol. The molecular formula is C24H29Cl4N3O4S. The minimum atomic E-state index is -3.93. The highest BCUT2D eigenvalue weighted by Gasteiger charge is 2.33. The van der Waals surface area contributed by atoms with Gasteiger partial charge in [-0.05, 0) is 55.7 Å². The van der Waals surface area contributed by atoms with E-state index in [1.54, 1.807) is 19.1 Å². The monoisotopic (exact) mass is 595 g/mol. The Labute approximate surface area is 232 Å². The number of rotatable bonds is 11. The minimum absolute atomic E-state index is 0.0345. The zero-order valence-corrected chi connectivity index (χ0v) is 24.2. The van der Waals surface area contributed by atoms with Gasteiger partial charge in [0.2, 0.25) is 21.8 Å². The molecule has 198 valence electrons. The third kappa shape index (κ3) is 8.15. The SMILES string of the molecule is CC[C@H](C)NC(=O)[C@H](CC)N(Cc1ccc(Cl)cc1Cl)C(=O)CN(c1ccc(Cl)cc1Cl)S(C)(=O)=O. The second kappa shape index (κ2) is 13.2. The smallest absolute Gasteiger partial charge is 0.244 e. The molecule has 0 spiro atoms. The number of benzene rings is 2. The van der Waals surface area contributed by atoms with Gasteiger partial charge in [0.1, 0.15) is 12.6 Å². The summed E-state index contributed by atoms with van der Waals surface area (Å²) in [6, 6.07) is 8.13. The van der Waals surface area contributed by atoms with Gasteiger partial charge >= 0.3 is 0 Å². The summed E-state index contributed by atoms with van der Waals surface area (Å²) >= 11 is 24.6. The molecule has 0 fully saturated rings. The Morgan fingerprint density at radius 2 is 1.53 bits per heavy atom. The molecule has 0 heterocycles. The van der Waals surface area contributed by atoms with Gasteiger partial charge in [0.05, 0.1) is 17.0 Å². The first-order chi connectivity index (χ1) is 16.8. The Kier molecular flexibility index (Phi) is 11.2. The van der Waals surface area contributed by atoms with Crippen molar-refractivity contribution in [2.75, 3.05) is 17.1 Å². The van der Waals surface area contributed by atoms with Gasteiger partial charge in [-0.15, -0.1) is 0 Å². The Bertz CT molecular complexity index is 1210. The first-order valence-electron chi connectivity index (χ1n) is 11.2. The van der Waals surface area contributed by atoms with Crippen molar-refractivity contribution in [3.8, 4) is 0 Å². The van der Waals surface area contributed by atoms with E-state index in [2.05, 4.69) is 5.32 Å². The van der Waals surface area contributed by atoms with Crippen molar-refractivity contribution in [3.05, 3.63) is 62.1 Å². The van der Waals surface area contributed by atoms with Crippen LogP contribution in [0.3, 0.4) is 0 Å². The van der Waals surface area contributed by atoms with Crippen LogP contribution in [0.1, 0.15) is 39.2 Å². The molecule has 0 unspecified atom stereocenters. The highest BCUT2D eigenvalue weighted by atomic mass is 35.5. The molecule has 0 saturated heterocycles. The molecule has 2 atom stereocenters. The predicted molar refractivity (Wildman–Crippen MR) is 148 cm³/mol. The van der Waals surface area contributed by atoms with E-state index in [9.17, 15) is 18.0 Å². The molecule has 0 radical (unpaired) electrons. The number of carbonyl (C=O) groups is 2. The topological polar surface area (TPSA) is 86.8 Å². The third-order valence-corrected chi connectivity index (χ3v) is 7.85. The van der Waals surface area contributed by atoms with E-state index in [4.69, 9.17) is 46.4 Å². The van der Waals surface area contributed by atoms with Gasteiger partial charge in [0, 0.05) is 27.7 Å². The van der Waals surface area contributed by atoms with Crippen LogP contribution in [-0.2, 0) is 26.2 Å². The van der Waals surface area contributed by atoms with Crippen molar-refractivity contribution in [3.63, 3.8) is 0 Å². The zero-order chi connectivity index (χ0) is 27.2. The van der Waals surface area contributed by atoms with Crippen LogP contribution in [0.2, 0.25) is 20.1 Å². The number of hydrogen-bond acceptors (Lipinski definition) is 4. The standard InChI is InChI=1S/C24H29Cl4N3O4S/c1-5-15(3)29-24(33)21(6-2)30(13-16-7-8-17(25)11-19(16)27)23(32)14-31(36(4,34)35)22-10-9-18(26)12-20(22)28/h7-12,15,21H,5-6,13-14H2,1-4H3,(H,29,33)/t15-,21-/m0/s1. The van der Waals surface area contributed by atoms with E-state index in [1.807, 2.05) is 13.8 Å². The molecule has 2 aromatic rings. The van der Waals surface area contributed by atoms with Crippen LogP contribution in [0.15, 0.2) is 36.4 Å². The third-order valence-electron chi connectivity index (χ3n) is 5.60. The molecule has 2 aromatic carbocycles. The van der Waals surface area contributed by atoms with Crippen molar-refractivity contribution < 1.29 is 18.0 Å². The summed E-state index contributed by atoms with van der Waals surface area (Å²) in [5.74, 6) is -0.954. The summed E-state index contributed by atoms with van der Waals surface area (Å²) in [5, 5.41) is 4.02. The van der Waals surface area contributed by atoms with Crippen LogP contribution in [0, 0.1) is 0 Å². The first kappa shape index (κ1) is 30.5. The molecule has 0 aliphatic rings. The number of nitrogens with one attached hydrogen (secondary N) is 1. The van der Waals surface area contributed by atoms with E-state index in [0.717, 1.165) is 10.6 Å². The highest BCUT2D eigenvalue weighted by Crippen LogP contribution is 2.31. The predicted octanol–water partition coefficient (Wildman–Crippen LogP) is 5.79. The quantitative estimate of drug-likeness (QED) is 0.356. The normalized spacial score (nSPS) is 13.1. The van der Waals surface area contributed by atoms with Crippen LogP contribution >= 0.6 is 46.4 Å². The van der Waals surface area contributed by atoms with Gasteiger partial charge in [0.25, 0.3) is 0 Å². The summed E-state index contributed by atoms with van der Waals surface area (Å²) in [5.41, 5.74) is 0.651. The maximum Gasteiger partial charge on any atom is 0.244 e.